The molecule has 0 bridgehead atoms. The summed E-state index contributed by atoms with van der Waals surface area (Å²) < 4.78 is 9.55. The first-order chi connectivity index (χ1) is 26.1. The molecule has 5 heteroatoms. The Morgan fingerprint density at radius 3 is 2.24 bits per heavy atom. The van der Waals surface area contributed by atoms with E-state index in [1.165, 1.54) is 64.9 Å². The SMILES string of the molecule is CC(C)(C)c1ccc(Nc2cc3c(cc2-c2c4c(cc5c2oc2ccccc25)N2c5ccccc5C(C)(C)c5cccc(c52)B4)sc2ccccc23)cc1. The van der Waals surface area contributed by atoms with E-state index in [1.807, 2.05) is 11.3 Å². The third-order valence-electron chi connectivity index (χ3n) is 12.0. The summed E-state index contributed by atoms with van der Waals surface area (Å²) in [5.74, 6) is 0. The largest absolute Gasteiger partial charge is 0.455 e. The van der Waals surface area contributed by atoms with Crippen LogP contribution in [0.3, 0.4) is 0 Å². The Balaban J connectivity index is 1.24. The molecule has 2 aliphatic rings. The minimum absolute atomic E-state index is 0.0760. The number of nitrogens with zero attached hydrogens (tertiary/aromatic N) is 1. The number of furan rings is 1. The summed E-state index contributed by atoms with van der Waals surface area (Å²) in [6, 6.07) is 49.4. The van der Waals surface area contributed by atoms with Crippen LogP contribution >= 0.6 is 11.3 Å². The van der Waals surface area contributed by atoms with Crippen molar-refractivity contribution in [3.63, 3.8) is 0 Å². The Hall–Kier alpha value is -5.78. The summed E-state index contributed by atoms with van der Waals surface area (Å²) in [5.41, 5.74) is 16.7. The number of thiophene rings is 1. The van der Waals surface area contributed by atoms with Crippen molar-refractivity contribution in [1.29, 1.82) is 0 Å². The van der Waals surface area contributed by atoms with Crippen molar-refractivity contribution in [3.05, 3.63) is 150 Å². The topological polar surface area (TPSA) is 28.4 Å². The van der Waals surface area contributed by atoms with Crippen molar-refractivity contribution >= 4 is 100 Å². The van der Waals surface area contributed by atoms with E-state index in [0.29, 0.717) is 0 Å². The number of rotatable bonds is 3. The Kier molecular flexibility index (Phi) is 6.54. The molecule has 0 saturated heterocycles. The molecule has 0 radical (unpaired) electrons. The molecule has 260 valence electrons. The summed E-state index contributed by atoms with van der Waals surface area (Å²) in [6.07, 6.45) is 0. The van der Waals surface area contributed by atoms with Crippen molar-refractivity contribution < 1.29 is 4.42 Å². The van der Waals surface area contributed by atoms with Crippen LogP contribution in [0.1, 0.15) is 51.3 Å². The Morgan fingerprint density at radius 2 is 1.41 bits per heavy atom. The van der Waals surface area contributed by atoms with Crippen LogP contribution in [-0.4, -0.2) is 7.28 Å². The molecule has 0 fully saturated rings. The van der Waals surface area contributed by atoms with Crippen LogP contribution in [0.2, 0.25) is 0 Å². The molecule has 0 saturated carbocycles. The molecule has 0 amide bonds. The van der Waals surface area contributed by atoms with Crippen LogP contribution in [0.25, 0.3) is 53.2 Å². The Morgan fingerprint density at radius 1 is 0.667 bits per heavy atom. The lowest BCUT2D eigenvalue weighted by atomic mass is 9.55. The van der Waals surface area contributed by atoms with E-state index in [0.717, 1.165) is 51.7 Å². The van der Waals surface area contributed by atoms with E-state index in [2.05, 4.69) is 178 Å². The number of hydrogen-bond acceptors (Lipinski definition) is 4. The van der Waals surface area contributed by atoms with Gasteiger partial charge in [0.05, 0.1) is 5.69 Å². The summed E-state index contributed by atoms with van der Waals surface area (Å²) in [6.45, 7) is 11.5. The van der Waals surface area contributed by atoms with E-state index >= 15 is 0 Å². The van der Waals surface area contributed by atoms with Gasteiger partial charge in [0.25, 0.3) is 0 Å². The maximum absolute atomic E-state index is 6.99. The molecule has 2 aliphatic heterocycles. The highest BCUT2D eigenvalue weighted by Gasteiger charge is 2.41. The number of nitrogens with one attached hydrogen (secondary N) is 1. The molecule has 9 aromatic rings. The average Bonchev–Trinajstić information content (AvgIpc) is 3.73. The molecule has 2 aromatic heterocycles. The molecule has 54 heavy (non-hydrogen) atoms. The zero-order valence-corrected chi connectivity index (χ0v) is 32.0. The Bertz CT molecular complexity index is 3020. The van der Waals surface area contributed by atoms with Crippen molar-refractivity contribution in [2.24, 2.45) is 0 Å². The first kappa shape index (κ1) is 31.7. The van der Waals surface area contributed by atoms with Gasteiger partial charge in [-0.15, -0.1) is 11.3 Å². The van der Waals surface area contributed by atoms with E-state index in [4.69, 9.17) is 4.42 Å². The van der Waals surface area contributed by atoms with Gasteiger partial charge in [-0.25, -0.2) is 0 Å². The molecule has 3 nitrogen and oxygen atoms in total. The maximum atomic E-state index is 6.99. The van der Waals surface area contributed by atoms with Gasteiger partial charge in [-0.2, -0.15) is 0 Å². The van der Waals surface area contributed by atoms with Gasteiger partial charge >= 0.3 is 0 Å². The van der Waals surface area contributed by atoms with Gasteiger partial charge < -0.3 is 14.6 Å². The zero-order valence-electron chi connectivity index (χ0n) is 31.2. The van der Waals surface area contributed by atoms with Crippen molar-refractivity contribution in [1.82, 2.24) is 0 Å². The van der Waals surface area contributed by atoms with E-state index in [9.17, 15) is 0 Å². The number of benzene rings is 7. The molecule has 0 aliphatic carbocycles. The summed E-state index contributed by atoms with van der Waals surface area (Å²) >= 11 is 1.86. The third-order valence-corrected chi connectivity index (χ3v) is 13.1. The molecule has 0 atom stereocenters. The van der Waals surface area contributed by atoms with Crippen molar-refractivity contribution in [3.8, 4) is 11.1 Å². The molecule has 7 aromatic carbocycles. The summed E-state index contributed by atoms with van der Waals surface area (Å²) in [7, 11) is 0.805. The van der Waals surface area contributed by atoms with Crippen LogP contribution in [0.15, 0.2) is 138 Å². The van der Waals surface area contributed by atoms with E-state index in [-0.39, 0.29) is 10.8 Å². The van der Waals surface area contributed by atoms with Gasteiger partial charge in [0, 0.05) is 70.2 Å². The average molecular weight is 715 g/mol. The third kappa shape index (κ3) is 4.48. The number of hydrogen-bond donors (Lipinski definition) is 1. The monoisotopic (exact) mass is 714 g/mol. The van der Waals surface area contributed by atoms with Gasteiger partial charge in [0.1, 0.15) is 11.2 Å². The maximum Gasteiger partial charge on any atom is 0.198 e. The molecule has 1 N–H and O–H groups in total. The smallest absolute Gasteiger partial charge is 0.198 e. The van der Waals surface area contributed by atoms with Gasteiger partial charge in [-0.3, -0.25) is 0 Å². The van der Waals surface area contributed by atoms with Gasteiger partial charge in [-0.05, 0) is 76.1 Å². The quantitative estimate of drug-likeness (QED) is 0.185. The van der Waals surface area contributed by atoms with Crippen LogP contribution < -0.4 is 21.1 Å². The molecule has 4 heterocycles. The fraction of sp³-hybridized carbons (Fsp3) is 0.143. The first-order valence-electron chi connectivity index (χ1n) is 19.0. The second-order valence-corrected chi connectivity index (χ2v) is 17.7. The summed E-state index contributed by atoms with van der Waals surface area (Å²) in [5, 5.41) is 8.77. The molecular weight excluding hydrogens is 675 g/mol. The second kappa shape index (κ2) is 11.1. The number of anilines is 5. The Labute approximate surface area is 320 Å². The molecule has 0 spiro atoms. The highest BCUT2D eigenvalue weighted by atomic mass is 32.1. The fourth-order valence-electron chi connectivity index (χ4n) is 9.24. The highest BCUT2D eigenvalue weighted by Crippen LogP contribution is 2.54. The van der Waals surface area contributed by atoms with Gasteiger partial charge in [-0.1, -0.05) is 125 Å². The van der Waals surface area contributed by atoms with Crippen LogP contribution in [0, 0.1) is 0 Å². The van der Waals surface area contributed by atoms with Gasteiger partial charge in [0.2, 0.25) is 0 Å². The molecule has 0 unspecified atom stereocenters. The van der Waals surface area contributed by atoms with Gasteiger partial charge in [0.15, 0.2) is 7.28 Å². The highest BCUT2D eigenvalue weighted by molar-refractivity contribution is 7.25. The number of fused-ring (bicyclic) bond motifs is 10. The van der Waals surface area contributed by atoms with Crippen molar-refractivity contribution in [2.75, 3.05) is 10.2 Å². The fourth-order valence-corrected chi connectivity index (χ4v) is 10.4. The summed E-state index contributed by atoms with van der Waals surface area (Å²) in [4.78, 5) is 2.56. The molecule has 11 rings (SSSR count). The second-order valence-electron chi connectivity index (χ2n) is 16.6. The standard InChI is InChI=1S/C49H39BN2OS/c1-48(2,3)28-21-23-29(24-22-28)51-38-25-32-31-14-7-11-20-42(31)54-43(32)27-34(38)44-45-40(26-33-30-13-6-10-19-41(30)53-47(33)44)52-39-18-9-8-15-35(39)49(4,5)36-16-12-17-37(50-45)46(36)52/h6-27,50-51H,1-5H3. The zero-order chi connectivity index (χ0) is 36.5. The van der Waals surface area contributed by atoms with E-state index < -0.39 is 0 Å². The normalized spacial score (nSPS) is 14.3. The van der Waals surface area contributed by atoms with E-state index in [1.54, 1.807) is 0 Å². The molecular formula is C49H39BN2OS. The number of para-hydroxylation sites is 3. The lowest BCUT2D eigenvalue weighted by Gasteiger charge is -2.46. The predicted octanol–water partition coefficient (Wildman–Crippen LogP) is 12.5. The van der Waals surface area contributed by atoms with Crippen molar-refractivity contribution in [2.45, 2.75) is 45.4 Å². The van der Waals surface area contributed by atoms with Crippen LogP contribution in [-0.2, 0) is 10.8 Å². The van der Waals surface area contributed by atoms with Crippen LogP contribution in [0.5, 0.6) is 0 Å². The minimum Gasteiger partial charge on any atom is -0.455 e. The first-order valence-corrected chi connectivity index (χ1v) is 19.8. The minimum atomic E-state index is -0.128. The lowest BCUT2D eigenvalue weighted by molar-refractivity contribution is 0.590. The predicted molar refractivity (Wildman–Crippen MR) is 234 cm³/mol. The lowest BCUT2D eigenvalue weighted by Crippen LogP contribution is -2.45. The van der Waals surface area contributed by atoms with Crippen LogP contribution in [0.4, 0.5) is 28.4 Å².